The molecule has 3 fully saturated rings. The molecule has 24 heavy (non-hydrogen) atoms. The monoisotopic (exact) mass is 336 g/mol. The summed E-state index contributed by atoms with van der Waals surface area (Å²) in [4.78, 5) is 38.9. The van der Waals surface area contributed by atoms with Crippen LogP contribution in [-0.4, -0.2) is 48.4 Å². The van der Waals surface area contributed by atoms with Gasteiger partial charge in [0.05, 0.1) is 11.5 Å². The van der Waals surface area contributed by atoms with Crippen LogP contribution in [0.3, 0.4) is 0 Å². The van der Waals surface area contributed by atoms with Crippen LogP contribution >= 0.6 is 0 Å². The Labute approximate surface area is 143 Å². The van der Waals surface area contributed by atoms with Crippen molar-refractivity contribution in [2.75, 3.05) is 19.7 Å². The number of imide groups is 1. The number of nitrogens with zero attached hydrogens (tertiary/aromatic N) is 1. The van der Waals surface area contributed by atoms with E-state index in [2.05, 4.69) is 5.32 Å². The number of rotatable bonds is 5. The molecule has 3 atom stereocenters. The van der Waals surface area contributed by atoms with Gasteiger partial charge in [-0.3, -0.25) is 19.3 Å². The van der Waals surface area contributed by atoms with E-state index in [4.69, 9.17) is 4.74 Å². The zero-order valence-electron chi connectivity index (χ0n) is 14.9. The van der Waals surface area contributed by atoms with Gasteiger partial charge in [-0.05, 0) is 31.1 Å². The first-order valence-corrected chi connectivity index (χ1v) is 9.01. The molecule has 3 amide bonds. The predicted molar refractivity (Wildman–Crippen MR) is 87.9 cm³/mol. The van der Waals surface area contributed by atoms with E-state index in [0.717, 1.165) is 32.3 Å². The number of likely N-dealkylation sites (tertiary alicyclic amines) is 1. The zero-order valence-corrected chi connectivity index (χ0v) is 14.9. The first kappa shape index (κ1) is 17.4. The lowest BCUT2D eigenvalue weighted by Gasteiger charge is -2.47. The van der Waals surface area contributed by atoms with Crippen LogP contribution in [0.1, 0.15) is 52.9 Å². The van der Waals surface area contributed by atoms with Crippen LogP contribution in [0.25, 0.3) is 0 Å². The summed E-state index contributed by atoms with van der Waals surface area (Å²) in [7, 11) is 0. The molecule has 0 spiro atoms. The van der Waals surface area contributed by atoms with E-state index in [1.165, 1.54) is 4.90 Å². The van der Waals surface area contributed by atoms with Crippen molar-refractivity contribution < 1.29 is 19.1 Å². The summed E-state index contributed by atoms with van der Waals surface area (Å²) in [6, 6.07) is 0. The second-order valence-electron chi connectivity index (χ2n) is 8.13. The molecule has 6 nitrogen and oxygen atoms in total. The lowest BCUT2D eigenvalue weighted by molar-refractivity contribution is -0.167. The molecular formula is C18H28N2O4. The molecule has 1 aliphatic carbocycles. The van der Waals surface area contributed by atoms with Crippen molar-refractivity contribution in [3.8, 4) is 0 Å². The number of carbonyl (C=O) groups is 3. The first-order valence-electron chi connectivity index (χ1n) is 9.01. The largest absolute Gasteiger partial charge is 0.376 e. The van der Waals surface area contributed by atoms with Gasteiger partial charge in [-0.25, -0.2) is 0 Å². The third-order valence-corrected chi connectivity index (χ3v) is 6.62. The molecule has 0 aromatic rings. The second kappa shape index (κ2) is 6.14. The van der Waals surface area contributed by atoms with Crippen LogP contribution in [0.4, 0.5) is 0 Å². The number of piperidine rings is 1. The molecule has 2 saturated heterocycles. The van der Waals surface area contributed by atoms with E-state index < -0.39 is 5.41 Å². The van der Waals surface area contributed by atoms with Gasteiger partial charge in [0.2, 0.25) is 17.7 Å². The van der Waals surface area contributed by atoms with E-state index in [9.17, 15) is 14.4 Å². The Hall–Kier alpha value is -1.43. The summed E-state index contributed by atoms with van der Waals surface area (Å²) in [5, 5.41) is 2.84. The van der Waals surface area contributed by atoms with Crippen molar-refractivity contribution in [2.45, 2.75) is 59.0 Å². The molecule has 3 unspecified atom stereocenters. The summed E-state index contributed by atoms with van der Waals surface area (Å²) in [5.41, 5.74) is -0.806. The number of nitrogens with one attached hydrogen (secondary N) is 1. The van der Waals surface area contributed by atoms with Crippen molar-refractivity contribution >= 4 is 17.7 Å². The van der Waals surface area contributed by atoms with Crippen LogP contribution in [0.5, 0.6) is 0 Å². The quantitative estimate of drug-likeness (QED) is 0.772. The van der Waals surface area contributed by atoms with E-state index in [0.29, 0.717) is 6.54 Å². The molecule has 3 aliphatic rings. The lowest BCUT2D eigenvalue weighted by atomic mass is 9.62. The maximum Gasteiger partial charge on any atom is 0.235 e. The summed E-state index contributed by atoms with van der Waals surface area (Å²) in [6.07, 6.45) is 3.77. The molecule has 134 valence electrons. The molecule has 3 rings (SSSR count). The van der Waals surface area contributed by atoms with Gasteiger partial charge in [-0.2, -0.15) is 0 Å². The molecule has 0 aromatic heterocycles. The lowest BCUT2D eigenvalue weighted by Crippen LogP contribution is -2.59. The van der Waals surface area contributed by atoms with E-state index in [1.807, 2.05) is 20.8 Å². The van der Waals surface area contributed by atoms with Crippen LogP contribution in [0, 0.1) is 16.7 Å². The Balaban J connectivity index is 1.56. The molecule has 2 heterocycles. The first-order chi connectivity index (χ1) is 11.3. The van der Waals surface area contributed by atoms with Crippen LogP contribution < -0.4 is 5.32 Å². The van der Waals surface area contributed by atoms with Crippen molar-refractivity contribution in [1.82, 2.24) is 10.2 Å². The minimum atomic E-state index is -0.500. The minimum absolute atomic E-state index is 0.0998. The number of carbonyl (C=O) groups excluding carboxylic acids is 3. The Morgan fingerprint density at radius 3 is 2.71 bits per heavy atom. The SMILES string of the molecule is CC12CCC(C(=O)N(CCC(=O)NCC3CCCO3)C1=O)C2(C)C. The van der Waals surface area contributed by atoms with E-state index in [-0.39, 0.29) is 48.1 Å². The Bertz CT molecular complexity index is 553. The van der Waals surface area contributed by atoms with Gasteiger partial charge in [0, 0.05) is 32.0 Å². The average Bonchev–Trinajstić information content (AvgIpc) is 3.10. The maximum atomic E-state index is 12.9. The molecule has 2 aliphatic heterocycles. The molecule has 0 radical (unpaired) electrons. The van der Waals surface area contributed by atoms with Crippen LogP contribution in [0.2, 0.25) is 0 Å². The number of ether oxygens (including phenoxy) is 1. The molecule has 1 saturated carbocycles. The summed E-state index contributed by atoms with van der Waals surface area (Å²) >= 11 is 0. The fourth-order valence-electron chi connectivity index (χ4n) is 4.45. The fourth-order valence-corrected chi connectivity index (χ4v) is 4.45. The third-order valence-electron chi connectivity index (χ3n) is 6.62. The fraction of sp³-hybridized carbons (Fsp3) is 0.833. The van der Waals surface area contributed by atoms with Gasteiger partial charge in [0.25, 0.3) is 0 Å². The number of amides is 3. The highest BCUT2D eigenvalue weighted by Crippen LogP contribution is 2.59. The molecule has 0 aromatic carbocycles. The number of fused-ring (bicyclic) bond motifs is 2. The molecule has 1 N–H and O–H groups in total. The summed E-state index contributed by atoms with van der Waals surface area (Å²) < 4.78 is 5.47. The standard InChI is InChI=1S/C18H28N2O4/c1-17(2)13-6-8-18(17,3)16(23)20(15(13)22)9-7-14(21)19-11-12-5-4-10-24-12/h12-13H,4-11H2,1-3H3,(H,19,21). The highest BCUT2D eigenvalue weighted by Gasteiger charge is 2.64. The van der Waals surface area contributed by atoms with Crippen molar-refractivity contribution in [3.05, 3.63) is 0 Å². The van der Waals surface area contributed by atoms with E-state index >= 15 is 0 Å². The normalized spacial score (nSPS) is 34.7. The van der Waals surface area contributed by atoms with E-state index in [1.54, 1.807) is 0 Å². The van der Waals surface area contributed by atoms with Gasteiger partial charge < -0.3 is 10.1 Å². The van der Waals surface area contributed by atoms with Crippen LogP contribution in [0.15, 0.2) is 0 Å². The molecular weight excluding hydrogens is 308 g/mol. The zero-order chi connectivity index (χ0) is 17.5. The topological polar surface area (TPSA) is 75.7 Å². The smallest absolute Gasteiger partial charge is 0.235 e. The minimum Gasteiger partial charge on any atom is -0.376 e. The predicted octanol–water partition coefficient (Wildman–Crippen LogP) is 1.48. The average molecular weight is 336 g/mol. The summed E-state index contributed by atoms with van der Waals surface area (Å²) in [5.74, 6) is -0.464. The highest BCUT2D eigenvalue weighted by atomic mass is 16.5. The van der Waals surface area contributed by atoms with Gasteiger partial charge >= 0.3 is 0 Å². The van der Waals surface area contributed by atoms with Gasteiger partial charge in [-0.1, -0.05) is 20.8 Å². The summed E-state index contributed by atoms with van der Waals surface area (Å²) in [6.45, 7) is 7.45. The Morgan fingerprint density at radius 1 is 1.29 bits per heavy atom. The Kier molecular flexibility index (Phi) is 4.45. The highest BCUT2D eigenvalue weighted by molar-refractivity contribution is 6.04. The third kappa shape index (κ3) is 2.65. The van der Waals surface area contributed by atoms with Crippen LogP contribution in [-0.2, 0) is 19.1 Å². The maximum absolute atomic E-state index is 12.9. The van der Waals surface area contributed by atoms with Crippen molar-refractivity contribution in [2.24, 2.45) is 16.7 Å². The molecule has 6 heteroatoms. The van der Waals surface area contributed by atoms with Gasteiger partial charge in [-0.15, -0.1) is 0 Å². The van der Waals surface area contributed by atoms with Gasteiger partial charge in [0.1, 0.15) is 0 Å². The van der Waals surface area contributed by atoms with Crippen molar-refractivity contribution in [1.29, 1.82) is 0 Å². The number of hydrogen-bond acceptors (Lipinski definition) is 4. The second-order valence-corrected chi connectivity index (χ2v) is 8.13. The number of hydrogen-bond donors (Lipinski definition) is 1. The van der Waals surface area contributed by atoms with Gasteiger partial charge in [0.15, 0.2) is 0 Å². The Morgan fingerprint density at radius 2 is 2.04 bits per heavy atom. The van der Waals surface area contributed by atoms with Crippen molar-refractivity contribution in [3.63, 3.8) is 0 Å². The molecule has 2 bridgehead atoms.